The van der Waals surface area contributed by atoms with E-state index in [-0.39, 0.29) is 10.8 Å². The molecule has 2 nitrogen and oxygen atoms in total. The Kier molecular flexibility index (Phi) is 6.84. The largest absolute Gasteiger partial charge is 0.737 e. The summed E-state index contributed by atoms with van der Waals surface area (Å²) in [6, 6.07) is 26.0. The quantitative estimate of drug-likeness (QED) is 0.211. The Hall–Kier alpha value is -3.99. The standard InChI is InChI=1S/C39H43BF2N2/c1-24-19-26(3)43-36(24)35(37-25(2)20-27(4)44(37)40(43,41)42)32-22-30(28-11-15-33(16-12-28)38(5,6)7)21-31(23-32)29-13-17-34(18-14-29)39(8,9)10/h11-23H,1-10H3. The van der Waals surface area contributed by atoms with Crippen LogP contribution in [0, 0.1) is 13.8 Å². The summed E-state index contributed by atoms with van der Waals surface area (Å²) >= 11 is 0. The van der Waals surface area contributed by atoms with E-state index in [4.69, 9.17) is 0 Å². The Balaban J connectivity index is 1.65. The van der Waals surface area contributed by atoms with Gasteiger partial charge < -0.3 is 17.6 Å². The van der Waals surface area contributed by atoms with Crippen molar-refractivity contribution in [2.45, 2.75) is 80.1 Å². The molecule has 0 spiro atoms. The van der Waals surface area contributed by atoms with E-state index in [9.17, 15) is 0 Å². The molecule has 5 heteroatoms. The molecule has 3 aromatic carbocycles. The third kappa shape index (κ3) is 4.81. The average Bonchev–Trinajstić information content (AvgIpc) is 3.42. The lowest BCUT2D eigenvalue weighted by Crippen LogP contribution is -2.51. The van der Waals surface area contributed by atoms with Crippen molar-refractivity contribution in [1.82, 2.24) is 4.48 Å². The van der Waals surface area contributed by atoms with Gasteiger partial charge in [0.05, 0.1) is 5.57 Å². The highest BCUT2D eigenvalue weighted by Crippen LogP contribution is 2.45. The summed E-state index contributed by atoms with van der Waals surface area (Å²) in [5, 5.41) is 0. The van der Waals surface area contributed by atoms with E-state index in [0.717, 1.165) is 44.5 Å². The van der Waals surface area contributed by atoms with Crippen LogP contribution in [0.5, 0.6) is 0 Å². The molecule has 2 aliphatic heterocycles. The average molecular weight is 589 g/mol. The minimum Gasteiger partial charge on any atom is -0.393 e. The number of rotatable bonds is 3. The summed E-state index contributed by atoms with van der Waals surface area (Å²) in [5.41, 5.74) is 12.8. The summed E-state index contributed by atoms with van der Waals surface area (Å²) in [4.78, 5) is 0. The lowest BCUT2D eigenvalue weighted by molar-refractivity contribution is -0.363. The van der Waals surface area contributed by atoms with E-state index < -0.39 is 6.97 Å². The fraction of sp³-hybridized carbons (Fsp3) is 0.308. The van der Waals surface area contributed by atoms with Gasteiger partial charge in [-0.3, -0.25) is 0 Å². The van der Waals surface area contributed by atoms with Crippen molar-refractivity contribution >= 4 is 18.3 Å². The number of aryl methyl sites for hydroxylation is 2. The highest BCUT2D eigenvalue weighted by atomic mass is 19.2. The van der Waals surface area contributed by atoms with Gasteiger partial charge in [-0.2, -0.15) is 0 Å². The number of nitrogens with zero attached hydrogens (tertiary/aromatic N) is 2. The first kappa shape index (κ1) is 30.1. The summed E-state index contributed by atoms with van der Waals surface area (Å²) in [5.74, 6) is 0. The summed E-state index contributed by atoms with van der Waals surface area (Å²) in [6.07, 6.45) is 1.89. The van der Waals surface area contributed by atoms with Gasteiger partial charge in [0.1, 0.15) is 5.71 Å². The second-order valence-electron chi connectivity index (χ2n) is 14.8. The lowest BCUT2D eigenvalue weighted by Gasteiger charge is -2.34. The molecule has 0 N–H and O–H groups in total. The summed E-state index contributed by atoms with van der Waals surface area (Å²) in [6.45, 7) is 16.8. The molecule has 3 heterocycles. The van der Waals surface area contributed by atoms with E-state index >= 15 is 8.63 Å². The van der Waals surface area contributed by atoms with E-state index in [1.165, 1.54) is 20.1 Å². The van der Waals surface area contributed by atoms with Gasteiger partial charge in [-0.1, -0.05) is 90.1 Å². The molecule has 0 radical (unpaired) electrons. The van der Waals surface area contributed by atoms with E-state index in [1.807, 2.05) is 26.0 Å². The van der Waals surface area contributed by atoms with Crippen LogP contribution in [0.2, 0.25) is 0 Å². The second kappa shape index (κ2) is 10.0. The van der Waals surface area contributed by atoms with Crippen molar-refractivity contribution in [1.29, 1.82) is 0 Å². The van der Waals surface area contributed by atoms with Gasteiger partial charge >= 0.3 is 6.97 Å². The van der Waals surface area contributed by atoms with Gasteiger partial charge in [-0.15, -0.1) is 0 Å². The Morgan fingerprint density at radius 3 is 1.52 bits per heavy atom. The maximum absolute atomic E-state index is 16.4. The van der Waals surface area contributed by atoms with Crippen LogP contribution in [0.25, 0.3) is 27.8 Å². The van der Waals surface area contributed by atoms with Crippen LogP contribution in [-0.4, -0.2) is 21.6 Å². The molecule has 0 bridgehead atoms. The van der Waals surface area contributed by atoms with Crippen LogP contribution in [0.3, 0.4) is 0 Å². The number of hydrogen-bond acceptors (Lipinski definition) is 0. The number of hydrogen-bond donors (Lipinski definition) is 0. The fourth-order valence-corrected chi connectivity index (χ4v) is 7.00. The van der Waals surface area contributed by atoms with Gasteiger partial charge in [0.2, 0.25) is 0 Å². The molecule has 1 aromatic heterocycles. The Labute approximate surface area is 261 Å². The van der Waals surface area contributed by atoms with Crippen LogP contribution >= 0.6 is 0 Å². The summed E-state index contributed by atoms with van der Waals surface area (Å²) < 4.78 is 35.3. The Morgan fingerprint density at radius 1 is 0.614 bits per heavy atom. The van der Waals surface area contributed by atoms with Crippen LogP contribution in [-0.2, 0) is 10.8 Å². The first-order valence-corrected chi connectivity index (χ1v) is 15.6. The predicted molar refractivity (Wildman–Crippen MR) is 183 cm³/mol. The molecular weight excluding hydrogens is 545 g/mol. The molecule has 0 saturated heterocycles. The zero-order valence-corrected chi connectivity index (χ0v) is 27.7. The molecule has 0 unspecified atom stereocenters. The molecule has 0 atom stereocenters. The fourth-order valence-electron chi connectivity index (χ4n) is 7.00. The van der Waals surface area contributed by atoms with Gasteiger partial charge in [0.15, 0.2) is 5.70 Å². The van der Waals surface area contributed by atoms with E-state index in [0.29, 0.717) is 22.8 Å². The van der Waals surface area contributed by atoms with Crippen LogP contribution in [0.1, 0.15) is 89.0 Å². The zero-order chi connectivity index (χ0) is 31.9. The molecule has 0 saturated carbocycles. The van der Waals surface area contributed by atoms with Crippen LogP contribution in [0.4, 0.5) is 8.63 Å². The van der Waals surface area contributed by atoms with Crippen molar-refractivity contribution in [3.05, 3.63) is 124 Å². The Bertz CT molecular complexity index is 1830. The van der Waals surface area contributed by atoms with Gasteiger partial charge in [-0.05, 0) is 106 Å². The predicted octanol–water partition coefficient (Wildman–Crippen LogP) is 10.5. The maximum atomic E-state index is 16.4. The number of fused-ring (bicyclic) bond motifs is 2. The minimum atomic E-state index is -4.04. The van der Waals surface area contributed by atoms with Crippen molar-refractivity contribution in [3.8, 4) is 22.3 Å². The number of halogens is 2. The molecule has 0 amide bonds. The molecule has 0 aliphatic carbocycles. The van der Waals surface area contributed by atoms with Crippen molar-refractivity contribution in [3.63, 3.8) is 0 Å². The number of benzene rings is 3. The Morgan fingerprint density at radius 2 is 1.07 bits per heavy atom. The highest BCUT2D eigenvalue weighted by molar-refractivity contribution is 6.58. The molecular formula is C39H43BF2N2. The lowest BCUT2D eigenvalue weighted by atomic mass is 9.82. The maximum Gasteiger partial charge on any atom is 0.737 e. The second-order valence-corrected chi connectivity index (χ2v) is 14.8. The monoisotopic (exact) mass is 588 g/mol. The van der Waals surface area contributed by atoms with E-state index in [2.05, 4.69) is 108 Å². The smallest absolute Gasteiger partial charge is 0.393 e. The zero-order valence-electron chi connectivity index (χ0n) is 27.7. The van der Waals surface area contributed by atoms with Crippen LogP contribution in [0.15, 0.2) is 90.1 Å². The van der Waals surface area contributed by atoms with Crippen molar-refractivity contribution < 1.29 is 13.1 Å². The van der Waals surface area contributed by atoms with E-state index in [1.54, 1.807) is 13.8 Å². The molecule has 6 rings (SSSR count). The minimum absolute atomic E-state index is 0.0485. The first-order valence-electron chi connectivity index (χ1n) is 15.6. The van der Waals surface area contributed by atoms with Crippen molar-refractivity contribution in [2.24, 2.45) is 0 Å². The molecule has 0 fully saturated rings. The SMILES string of the molecule is CC1=CC(C)=[N+]2C1=C(c1cc(-c3ccc(C(C)(C)C)cc3)cc(-c3ccc(C(C)(C)C)cc3)c1)c1c(C)cc(C)n1[B-]2(F)F. The normalized spacial score (nSPS) is 16.3. The van der Waals surface area contributed by atoms with Crippen LogP contribution < -0.4 is 0 Å². The molecule has 226 valence electrons. The third-order valence-electron chi connectivity index (χ3n) is 9.32. The third-order valence-corrected chi connectivity index (χ3v) is 9.32. The first-order chi connectivity index (χ1) is 20.5. The topological polar surface area (TPSA) is 7.94 Å². The number of allylic oxidation sites excluding steroid dienone is 2. The molecule has 4 aromatic rings. The summed E-state index contributed by atoms with van der Waals surface area (Å²) in [7, 11) is 0. The highest BCUT2D eigenvalue weighted by Gasteiger charge is 2.55. The number of aromatic nitrogens is 1. The molecule has 2 aliphatic rings. The van der Waals surface area contributed by atoms with Gasteiger partial charge in [0, 0.05) is 24.3 Å². The van der Waals surface area contributed by atoms with Crippen molar-refractivity contribution in [2.75, 3.05) is 0 Å². The van der Waals surface area contributed by atoms with Gasteiger partial charge in [-0.25, -0.2) is 0 Å². The molecule has 44 heavy (non-hydrogen) atoms. The van der Waals surface area contributed by atoms with Gasteiger partial charge in [0.25, 0.3) is 0 Å².